The van der Waals surface area contributed by atoms with Crippen molar-refractivity contribution >= 4 is 34.4 Å². The Morgan fingerprint density at radius 3 is 2.47 bits per heavy atom. The molecule has 34 heavy (non-hydrogen) atoms. The van der Waals surface area contributed by atoms with Crippen molar-refractivity contribution in [3.8, 4) is 11.5 Å². The van der Waals surface area contributed by atoms with Gasteiger partial charge in [-0.25, -0.2) is 18.7 Å². The van der Waals surface area contributed by atoms with Crippen molar-refractivity contribution in [1.29, 1.82) is 0 Å². The Bertz CT molecular complexity index is 1400. The summed E-state index contributed by atoms with van der Waals surface area (Å²) in [6, 6.07) is 8.48. The van der Waals surface area contributed by atoms with Gasteiger partial charge in [-0.2, -0.15) is 13.2 Å². The topological polar surface area (TPSA) is 81.1 Å². The maximum absolute atomic E-state index is 14.2. The average molecular weight is 477 g/mol. The molecular formula is C22H16F5N5O2. The smallest absolute Gasteiger partial charge is 0.419 e. The van der Waals surface area contributed by atoms with Gasteiger partial charge in [-0.3, -0.25) is 4.79 Å². The van der Waals surface area contributed by atoms with Crippen LogP contribution in [-0.2, 0) is 18.0 Å². The standard InChI is InChI=1S/C22H16F5N5O2/c1-11(33)29-20-8-13(5-6-28-20)34-12-3-4-19-18(7-12)31-21(32(19)2)30-17-9-14(22(25,26)27)15(23)10-16(17)24/h3-10H,1-2H3,(H,30,31)(H,28,29,33). The molecule has 2 heterocycles. The van der Waals surface area contributed by atoms with Gasteiger partial charge >= 0.3 is 6.18 Å². The first kappa shape index (κ1) is 23.0. The number of nitrogens with one attached hydrogen (secondary N) is 2. The van der Waals surface area contributed by atoms with Crippen LogP contribution in [-0.4, -0.2) is 20.4 Å². The molecule has 0 fully saturated rings. The molecule has 4 aromatic rings. The second-order valence-electron chi connectivity index (χ2n) is 7.24. The summed E-state index contributed by atoms with van der Waals surface area (Å²) in [4.78, 5) is 19.5. The molecule has 0 aliphatic carbocycles. The Balaban J connectivity index is 1.63. The van der Waals surface area contributed by atoms with Crippen LogP contribution in [0.5, 0.6) is 11.5 Å². The van der Waals surface area contributed by atoms with Gasteiger partial charge < -0.3 is 19.9 Å². The number of fused-ring (bicyclic) bond motifs is 1. The van der Waals surface area contributed by atoms with Gasteiger partial charge in [0, 0.05) is 38.4 Å². The zero-order valence-corrected chi connectivity index (χ0v) is 17.7. The molecule has 0 aliphatic heterocycles. The maximum atomic E-state index is 14.2. The third-order valence-electron chi connectivity index (χ3n) is 4.73. The van der Waals surface area contributed by atoms with E-state index in [0.717, 1.165) is 0 Å². The van der Waals surface area contributed by atoms with E-state index in [1.165, 1.54) is 23.8 Å². The lowest BCUT2D eigenvalue weighted by Crippen LogP contribution is -2.10. The third-order valence-corrected chi connectivity index (χ3v) is 4.73. The Morgan fingerprint density at radius 2 is 1.76 bits per heavy atom. The summed E-state index contributed by atoms with van der Waals surface area (Å²) in [5, 5.41) is 5.02. The van der Waals surface area contributed by atoms with Crippen LogP contribution in [0.4, 0.5) is 39.4 Å². The van der Waals surface area contributed by atoms with Crippen molar-refractivity contribution < 1.29 is 31.5 Å². The Morgan fingerprint density at radius 1 is 1.03 bits per heavy atom. The van der Waals surface area contributed by atoms with Gasteiger partial charge in [0.15, 0.2) is 0 Å². The van der Waals surface area contributed by atoms with Gasteiger partial charge in [0.05, 0.1) is 22.3 Å². The van der Waals surface area contributed by atoms with E-state index in [9.17, 15) is 26.7 Å². The van der Waals surface area contributed by atoms with E-state index in [1.807, 2.05) is 0 Å². The number of anilines is 3. The minimum absolute atomic E-state index is 0.0302. The Kier molecular flexibility index (Phi) is 5.82. The Labute approximate surface area is 189 Å². The number of ether oxygens (including phenoxy) is 1. The van der Waals surface area contributed by atoms with E-state index in [4.69, 9.17) is 4.74 Å². The van der Waals surface area contributed by atoms with E-state index >= 15 is 0 Å². The molecule has 2 N–H and O–H groups in total. The predicted molar refractivity (Wildman–Crippen MR) is 114 cm³/mol. The van der Waals surface area contributed by atoms with E-state index in [-0.39, 0.29) is 17.9 Å². The van der Waals surface area contributed by atoms with Gasteiger partial charge in [-0.15, -0.1) is 0 Å². The van der Waals surface area contributed by atoms with Gasteiger partial charge in [-0.05, 0) is 24.3 Å². The summed E-state index contributed by atoms with van der Waals surface area (Å²) >= 11 is 0. The first-order valence-corrected chi connectivity index (χ1v) is 9.72. The maximum Gasteiger partial charge on any atom is 0.419 e. The number of pyridine rings is 1. The number of halogens is 5. The lowest BCUT2D eigenvalue weighted by atomic mass is 10.1. The average Bonchev–Trinajstić information content (AvgIpc) is 3.03. The van der Waals surface area contributed by atoms with Crippen molar-refractivity contribution in [2.45, 2.75) is 13.1 Å². The fourth-order valence-electron chi connectivity index (χ4n) is 3.20. The van der Waals surface area contributed by atoms with Crippen LogP contribution < -0.4 is 15.4 Å². The highest BCUT2D eigenvalue weighted by Crippen LogP contribution is 2.35. The number of amides is 1. The van der Waals surface area contributed by atoms with Crippen LogP contribution in [0.25, 0.3) is 11.0 Å². The van der Waals surface area contributed by atoms with Crippen molar-refractivity contribution in [3.63, 3.8) is 0 Å². The number of alkyl halides is 3. The SMILES string of the molecule is CC(=O)Nc1cc(Oc2ccc3c(c2)nc(Nc2cc(C(F)(F)F)c(F)cc2F)n3C)ccn1. The summed E-state index contributed by atoms with van der Waals surface area (Å²) in [6.45, 7) is 1.34. The second-order valence-corrected chi connectivity index (χ2v) is 7.24. The molecular weight excluding hydrogens is 461 g/mol. The number of carbonyl (C=O) groups excluding carboxylic acids is 1. The van der Waals surface area contributed by atoms with Gasteiger partial charge in [0.1, 0.15) is 29.0 Å². The fourth-order valence-corrected chi connectivity index (χ4v) is 3.20. The highest BCUT2D eigenvalue weighted by atomic mass is 19.4. The van der Waals surface area contributed by atoms with E-state index < -0.39 is 29.1 Å². The van der Waals surface area contributed by atoms with Crippen LogP contribution in [0, 0.1) is 11.6 Å². The molecule has 0 radical (unpaired) electrons. The second kappa shape index (κ2) is 8.61. The summed E-state index contributed by atoms with van der Waals surface area (Å²) in [7, 11) is 1.58. The quantitative estimate of drug-likeness (QED) is 0.357. The monoisotopic (exact) mass is 477 g/mol. The largest absolute Gasteiger partial charge is 0.457 e. The zero-order chi connectivity index (χ0) is 24.6. The molecule has 0 spiro atoms. The van der Waals surface area contributed by atoms with Gasteiger partial charge in [-0.1, -0.05) is 0 Å². The Hall–Kier alpha value is -4.22. The van der Waals surface area contributed by atoms with Gasteiger partial charge in [0.25, 0.3) is 0 Å². The minimum atomic E-state index is -4.99. The molecule has 4 rings (SSSR count). The molecule has 0 saturated heterocycles. The van der Waals surface area contributed by atoms with Crippen LogP contribution in [0.3, 0.4) is 0 Å². The molecule has 0 saturated carbocycles. The van der Waals surface area contributed by atoms with Crippen LogP contribution in [0.15, 0.2) is 48.7 Å². The number of hydrogen-bond donors (Lipinski definition) is 2. The number of nitrogens with zero attached hydrogens (tertiary/aromatic N) is 3. The minimum Gasteiger partial charge on any atom is -0.457 e. The van der Waals surface area contributed by atoms with Crippen molar-refractivity contribution in [2.75, 3.05) is 10.6 Å². The number of carbonyl (C=O) groups is 1. The normalized spacial score (nSPS) is 11.5. The predicted octanol–water partition coefficient (Wildman–Crippen LogP) is 5.76. The third kappa shape index (κ3) is 4.75. The highest BCUT2D eigenvalue weighted by Gasteiger charge is 2.35. The number of benzene rings is 2. The van der Waals surface area contributed by atoms with Crippen LogP contribution in [0.1, 0.15) is 12.5 Å². The molecule has 2 aromatic heterocycles. The molecule has 0 bridgehead atoms. The van der Waals surface area contributed by atoms with Crippen LogP contribution >= 0.6 is 0 Å². The van der Waals surface area contributed by atoms with E-state index in [0.29, 0.717) is 34.4 Å². The van der Waals surface area contributed by atoms with Gasteiger partial charge in [0.2, 0.25) is 11.9 Å². The summed E-state index contributed by atoms with van der Waals surface area (Å²) < 4.78 is 74.0. The fraction of sp³-hybridized carbons (Fsp3) is 0.136. The van der Waals surface area contributed by atoms with Crippen LogP contribution in [0.2, 0.25) is 0 Å². The number of imidazole rings is 1. The molecule has 2 aromatic carbocycles. The molecule has 0 aliphatic rings. The van der Waals surface area contributed by atoms with Crippen molar-refractivity contribution in [2.24, 2.45) is 7.05 Å². The zero-order valence-electron chi connectivity index (χ0n) is 17.7. The summed E-state index contributed by atoms with van der Waals surface area (Å²) in [5.74, 6) is -2.10. The van der Waals surface area contributed by atoms with E-state index in [2.05, 4.69) is 20.6 Å². The highest BCUT2D eigenvalue weighted by molar-refractivity contribution is 5.87. The molecule has 176 valence electrons. The lowest BCUT2D eigenvalue weighted by Gasteiger charge is -2.12. The lowest BCUT2D eigenvalue weighted by molar-refractivity contribution is -0.140. The molecule has 7 nitrogen and oxygen atoms in total. The van der Waals surface area contributed by atoms with Crippen molar-refractivity contribution in [3.05, 3.63) is 65.9 Å². The summed E-state index contributed by atoms with van der Waals surface area (Å²) in [6.07, 6.45) is -3.53. The molecule has 0 atom stereocenters. The molecule has 12 heteroatoms. The molecule has 0 unspecified atom stereocenters. The number of aromatic nitrogens is 3. The van der Waals surface area contributed by atoms with E-state index in [1.54, 1.807) is 31.3 Å². The van der Waals surface area contributed by atoms with Crippen molar-refractivity contribution in [1.82, 2.24) is 14.5 Å². The number of aryl methyl sites for hydroxylation is 1. The number of hydrogen-bond acceptors (Lipinski definition) is 5. The molecule has 1 amide bonds. The number of rotatable bonds is 5. The summed E-state index contributed by atoms with van der Waals surface area (Å²) in [5.41, 5.74) is -1.20. The first-order valence-electron chi connectivity index (χ1n) is 9.72. The first-order chi connectivity index (χ1) is 16.0.